The molecule has 3 aliphatic rings. The highest BCUT2D eigenvalue weighted by molar-refractivity contribution is 7.91. The largest absolute Gasteiger partial charge is 0.383 e. The van der Waals surface area contributed by atoms with Gasteiger partial charge >= 0.3 is 0 Å². The van der Waals surface area contributed by atoms with Gasteiger partial charge in [0.2, 0.25) is 5.91 Å². The summed E-state index contributed by atoms with van der Waals surface area (Å²) in [5.41, 5.74) is 0. The van der Waals surface area contributed by atoms with E-state index in [0.717, 1.165) is 12.3 Å². The zero-order valence-corrected chi connectivity index (χ0v) is 13.5. The molecule has 120 valence electrons. The summed E-state index contributed by atoms with van der Waals surface area (Å²) in [6.07, 6.45) is 5.22. The fourth-order valence-electron chi connectivity index (χ4n) is 4.44. The maximum Gasteiger partial charge on any atom is 0.226 e. The van der Waals surface area contributed by atoms with E-state index in [1.165, 1.54) is 19.3 Å². The fourth-order valence-corrected chi connectivity index (χ4v) is 6.17. The summed E-state index contributed by atoms with van der Waals surface area (Å²) in [7, 11) is -1.35. The number of methoxy groups -OCH3 is 1. The van der Waals surface area contributed by atoms with Crippen LogP contribution in [-0.4, -0.2) is 57.0 Å². The molecule has 1 aliphatic heterocycles. The summed E-state index contributed by atoms with van der Waals surface area (Å²) < 4.78 is 28.6. The van der Waals surface area contributed by atoms with E-state index in [4.69, 9.17) is 4.74 Å². The van der Waals surface area contributed by atoms with Gasteiger partial charge in [-0.25, -0.2) is 8.42 Å². The second-order valence-electron chi connectivity index (χ2n) is 6.86. The van der Waals surface area contributed by atoms with Gasteiger partial charge in [0.05, 0.1) is 18.1 Å². The molecule has 0 spiro atoms. The van der Waals surface area contributed by atoms with Gasteiger partial charge in [-0.15, -0.1) is 0 Å². The van der Waals surface area contributed by atoms with Crippen LogP contribution in [0.25, 0.3) is 0 Å². The van der Waals surface area contributed by atoms with Crippen molar-refractivity contribution in [1.82, 2.24) is 4.90 Å². The first-order valence-corrected chi connectivity index (χ1v) is 9.82. The highest BCUT2D eigenvalue weighted by atomic mass is 32.2. The van der Waals surface area contributed by atoms with Crippen LogP contribution in [-0.2, 0) is 19.4 Å². The van der Waals surface area contributed by atoms with Gasteiger partial charge in [0, 0.05) is 25.6 Å². The molecule has 0 N–H and O–H groups in total. The summed E-state index contributed by atoms with van der Waals surface area (Å²) in [4.78, 5) is 14.7. The molecular formula is C15H25NO4S. The van der Waals surface area contributed by atoms with Crippen LogP contribution < -0.4 is 0 Å². The van der Waals surface area contributed by atoms with Crippen molar-refractivity contribution in [2.24, 2.45) is 17.8 Å². The second kappa shape index (κ2) is 5.88. The Kier molecular flexibility index (Phi) is 4.28. The van der Waals surface area contributed by atoms with Crippen molar-refractivity contribution in [3.63, 3.8) is 0 Å². The van der Waals surface area contributed by atoms with Crippen molar-refractivity contribution >= 4 is 15.7 Å². The predicted octanol–water partition coefficient (Wildman–Crippen LogP) is 1.08. The molecule has 1 heterocycles. The maximum absolute atomic E-state index is 12.9. The molecule has 3 fully saturated rings. The van der Waals surface area contributed by atoms with Gasteiger partial charge < -0.3 is 9.64 Å². The van der Waals surface area contributed by atoms with Gasteiger partial charge in [-0.05, 0) is 37.5 Å². The average molecular weight is 315 g/mol. The third kappa shape index (κ3) is 3.11. The molecule has 1 saturated heterocycles. The molecule has 0 aromatic carbocycles. The Morgan fingerprint density at radius 2 is 2.05 bits per heavy atom. The number of carbonyl (C=O) groups is 1. The molecule has 6 heteroatoms. The molecule has 1 amide bonds. The second-order valence-corrected chi connectivity index (χ2v) is 9.09. The molecule has 0 aromatic heterocycles. The molecule has 2 aliphatic carbocycles. The van der Waals surface area contributed by atoms with Crippen LogP contribution in [0.4, 0.5) is 0 Å². The highest BCUT2D eigenvalue weighted by Gasteiger charge is 2.46. The number of fused-ring (bicyclic) bond motifs is 2. The van der Waals surface area contributed by atoms with E-state index in [2.05, 4.69) is 0 Å². The van der Waals surface area contributed by atoms with Crippen LogP contribution in [0.15, 0.2) is 0 Å². The molecule has 2 bridgehead atoms. The summed E-state index contributed by atoms with van der Waals surface area (Å²) in [6.45, 7) is 0.993. The third-order valence-corrected chi connectivity index (χ3v) is 7.27. The zero-order chi connectivity index (χ0) is 15.0. The zero-order valence-electron chi connectivity index (χ0n) is 12.7. The van der Waals surface area contributed by atoms with E-state index in [1.807, 2.05) is 4.90 Å². The van der Waals surface area contributed by atoms with E-state index in [-0.39, 0.29) is 29.4 Å². The van der Waals surface area contributed by atoms with Gasteiger partial charge in [0.15, 0.2) is 9.84 Å². The Labute approximate surface area is 126 Å². The molecule has 2 saturated carbocycles. The van der Waals surface area contributed by atoms with Crippen molar-refractivity contribution in [2.75, 3.05) is 31.8 Å². The predicted molar refractivity (Wildman–Crippen MR) is 79.6 cm³/mol. The number of hydrogen-bond acceptors (Lipinski definition) is 4. The van der Waals surface area contributed by atoms with E-state index < -0.39 is 9.84 Å². The van der Waals surface area contributed by atoms with E-state index in [0.29, 0.717) is 25.5 Å². The number of hydrogen-bond donors (Lipinski definition) is 0. The van der Waals surface area contributed by atoms with Gasteiger partial charge in [0.1, 0.15) is 0 Å². The summed E-state index contributed by atoms with van der Waals surface area (Å²) in [6, 6.07) is -0.142. The standard InChI is InChI=1S/C15H25NO4S/c1-20-6-5-16(13-4-7-21(18,19)10-13)15(17)14-9-11-2-3-12(14)8-11/h11-14H,2-10H2,1H3. The summed E-state index contributed by atoms with van der Waals surface area (Å²) in [5, 5.41) is 0. The number of sulfone groups is 1. The maximum atomic E-state index is 12.9. The molecule has 5 nitrogen and oxygen atoms in total. The molecule has 4 unspecified atom stereocenters. The number of carbonyl (C=O) groups excluding carboxylic acids is 1. The van der Waals surface area contributed by atoms with Crippen LogP contribution >= 0.6 is 0 Å². The van der Waals surface area contributed by atoms with Crippen LogP contribution in [0.1, 0.15) is 32.1 Å². The average Bonchev–Trinajstić information content (AvgIpc) is 3.14. The van der Waals surface area contributed by atoms with Gasteiger partial charge in [0.25, 0.3) is 0 Å². The van der Waals surface area contributed by atoms with Crippen LogP contribution in [0.3, 0.4) is 0 Å². The van der Waals surface area contributed by atoms with E-state index in [9.17, 15) is 13.2 Å². The lowest BCUT2D eigenvalue weighted by Crippen LogP contribution is -2.47. The molecule has 3 rings (SSSR count). The smallest absolute Gasteiger partial charge is 0.226 e. The normalized spacial score (nSPS) is 37.0. The van der Waals surface area contributed by atoms with Gasteiger partial charge in [-0.3, -0.25) is 4.79 Å². The first-order chi connectivity index (χ1) is 10.00. The van der Waals surface area contributed by atoms with Gasteiger partial charge in [-0.1, -0.05) is 6.42 Å². The molecule has 0 aromatic rings. The minimum Gasteiger partial charge on any atom is -0.383 e. The first kappa shape index (κ1) is 15.3. The lowest BCUT2D eigenvalue weighted by molar-refractivity contribution is -0.139. The lowest BCUT2D eigenvalue weighted by Gasteiger charge is -2.33. The third-order valence-electron chi connectivity index (χ3n) is 5.52. The quantitative estimate of drug-likeness (QED) is 0.762. The van der Waals surface area contributed by atoms with Crippen molar-refractivity contribution in [3.05, 3.63) is 0 Å². The Morgan fingerprint density at radius 1 is 1.24 bits per heavy atom. The Morgan fingerprint density at radius 3 is 2.57 bits per heavy atom. The van der Waals surface area contributed by atoms with E-state index in [1.54, 1.807) is 7.11 Å². The lowest BCUT2D eigenvalue weighted by atomic mass is 9.87. The van der Waals surface area contributed by atoms with Crippen molar-refractivity contribution in [2.45, 2.75) is 38.1 Å². The molecule has 4 atom stereocenters. The van der Waals surface area contributed by atoms with Crippen LogP contribution in [0.5, 0.6) is 0 Å². The summed E-state index contributed by atoms with van der Waals surface area (Å²) >= 11 is 0. The van der Waals surface area contributed by atoms with Crippen LogP contribution in [0.2, 0.25) is 0 Å². The Balaban J connectivity index is 1.71. The Bertz CT molecular complexity index is 504. The minimum atomic E-state index is -2.97. The van der Waals surface area contributed by atoms with Crippen molar-refractivity contribution < 1.29 is 17.9 Å². The number of amides is 1. The van der Waals surface area contributed by atoms with Crippen LogP contribution in [0, 0.1) is 17.8 Å². The minimum absolute atomic E-state index is 0.128. The molecule has 0 radical (unpaired) electrons. The number of ether oxygens (including phenoxy) is 1. The number of rotatable bonds is 5. The topological polar surface area (TPSA) is 63.7 Å². The van der Waals surface area contributed by atoms with Crippen molar-refractivity contribution in [3.8, 4) is 0 Å². The Hall–Kier alpha value is -0.620. The fraction of sp³-hybridized carbons (Fsp3) is 0.933. The van der Waals surface area contributed by atoms with Gasteiger partial charge in [-0.2, -0.15) is 0 Å². The van der Waals surface area contributed by atoms with E-state index >= 15 is 0 Å². The van der Waals surface area contributed by atoms with Crippen molar-refractivity contribution in [1.29, 1.82) is 0 Å². The first-order valence-electron chi connectivity index (χ1n) is 8.00. The molecule has 21 heavy (non-hydrogen) atoms. The monoisotopic (exact) mass is 315 g/mol. The summed E-state index contributed by atoms with van der Waals surface area (Å²) in [5.74, 6) is 1.91. The highest BCUT2D eigenvalue weighted by Crippen LogP contribution is 2.49. The SMILES string of the molecule is COCCN(C(=O)C1CC2CCC1C2)C1CCS(=O)(=O)C1. The molecular weight excluding hydrogens is 290 g/mol. The number of nitrogens with zero attached hydrogens (tertiary/aromatic N) is 1.